The van der Waals surface area contributed by atoms with Gasteiger partial charge in [-0.05, 0) is 31.2 Å². The maximum absolute atomic E-state index is 12.6. The number of carboxylic acids is 1. The molecule has 9 heteroatoms. The molecular weight excluding hydrogens is 388 g/mol. The number of rotatable bonds is 6. The molecule has 9 nitrogen and oxygen atoms in total. The Morgan fingerprint density at radius 1 is 1.13 bits per heavy atom. The highest BCUT2D eigenvalue weighted by Gasteiger charge is 2.23. The molecular formula is C21H22N4O5. The number of aromatic nitrogens is 2. The van der Waals surface area contributed by atoms with Gasteiger partial charge in [-0.1, -0.05) is 18.2 Å². The van der Waals surface area contributed by atoms with E-state index in [4.69, 9.17) is 0 Å². The molecule has 0 aliphatic carbocycles. The molecule has 30 heavy (non-hydrogen) atoms. The maximum Gasteiger partial charge on any atom is 0.320 e. The van der Waals surface area contributed by atoms with E-state index >= 15 is 0 Å². The first-order valence-corrected chi connectivity index (χ1v) is 9.19. The molecule has 156 valence electrons. The Kier molecular flexibility index (Phi) is 5.91. The number of para-hydroxylation sites is 1. The van der Waals surface area contributed by atoms with E-state index in [1.54, 1.807) is 29.8 Å². The average Bonchev–Trinajstić information content (AvgIpc) is 3.19. The molecule has 3 aromatic rings. The average molecular weight is 410 g/mol. The second kappa shape index (κ2) is 8.56. The molecule has 4 N–H and O–H groups in total. The van der Waals surface area contributed by atoms with Crippen LogP contribution in [0, 0.1) is 6.92 Å². The van der Waals surface area contributed by atoms with Gasteiger partial charge in [0.25, 0.3) is 5.56 Å². The number of amides is 2. The van der Waals surface area contributed by atoms with Crippen LogP contribution in [0.5, 0.6) is 5.75 Å². The van der Waals surface area contributed by atoms with Crippen LogP contribution in [0.25, 0.3) is 5.69 Å². The predicted octanol–water partition coefficient (Wildman–Crippen LogP) is 2.53. The fraction of sp³-hybridized carbons (Fsp3) is 0.190. The zero-order valence-electron chi connectivity index (χ0n) is 16.5. The van der Waals surface area contributed by atoms with Gasteiger partial charge in [0.2, 0.25) is 0 Å². The summed E-state index contributed by atoms with van der Waals surface area (Å²) in [5.74, 6) is -1.44. The van der Waals surface area contributed by atoms with Crippen LogP contribution in [0.4, 0.5) is 10.5 Å². The second-order valence-corrected chi connectivity index (χ2v) is 6.84. The van der Waals surface area contributed by atoms with Crippen molar-refractivity contribution in [2.24, 2.45) is 7.05 Å². The van der Waals surface area contributed by atoms with Crippen molar-refractivity contribution < 1.29 is 19.8 Å². The third-order valence-corrected chi connectivity index (χ3v) is 4.63. The van der Waals surface area contributed by atoms with Crippen LogP contribution < -0.4 is 16.2 Å². The first-order valence-electron chi connectivity index (χ1n) is 9.19. The number of hydrogen-bond acceptors (Lipinski definition) is 4. The second-order valence-electron chi connectivity index (χ2n) is 6.84. The van der Waals surface area contributed by atoms with Crippen molar-refractivity contribution in [3.05, 3.63) is 76.5 Å². The van der Waals surface area contributed by atoms with Gasteiger partial charge in [0.1, 0.15) is 5.75 Å². The number of benzene rings is 1. The highest BCUT2D eigenvalue weighted by Crippen LogP contribution is 2.24. The van der Waals surface area contributed by atoms with Crippen molar-refractivity contribution in [1.29, 1.82) is 0 Å². The lowest BCUT2D eigenvalue weighted by atomic mass is 10.1. The van der Waals surface area contributed by atoms with Gasteiger partial charge in [-0.15, -0.1) is 0 Å². The Bertz CT molecular complexity index is 1130. The smallest absolute Gasteiger partial charge is 0.320 e. The van der Waals surface area contributed by atoms with E-state index in [0.717, 1.165) is 5.69 Å². The minimum Gasteiger partial charge on any atom is -0.505 e. The third-order valence-electron chi connectivity index (χ3n) is 4.63. The van der Waals surface area contributed by atoms with E-state index in [9.17, 15) is 24.6 Å². The van der Waals surface area contributed by atoms with Crippen molar-refractivity contribution in [3.8, 4) is 11.4 Å². The molecule has 1 aromatic carbocycles. The highest BCUT2D eigenvalue weighted by atomic mass is 16.4. The number of nitrogens with one attached hydrogen (secondary N) is 2. The maximum atomic E-state index is 12.6. The molecule has 0 radical (unpaired) electrons. The topological polar surface area (TPSA) is 126 Å². The summed E-state index contributed by atoms with van der Waals surface area (Å²) < 4.78 is 3.01. The van der Waals surface area contributed by atoms with E-state index in [1.165, 1.54) is 17.8 Å². The predicted molar refractivity (Wildman–Crippen MR) is 111 cm³/mol. The van der Waals surface area contributed by atoms with Crippen molar-refractivity contribution in [2.75, 3.05) is 5.32 Å². The summed E-state index contributed by atoms with van der Waals surface area (Å²) in [5, 5.41) is 24.4. The minimum absolute atomic E-state index is 0.275. The largest absolute Gasteiger partial charge is 0.505 e. The molecule has 1 atom stereocenters. The van der Waals surface area contributed by atoms with Gasteiger partial charge in [0, 0.05) is 36.4 Å². The van der Waals surface area contributed by atoms with Crippen LogP contribution in [0.15, 0.2) is 59.7 Å². The lowest BCUT2D eigenvalue weighted by molar-refractivity contribution is -0.137. The Labute approximate surface area is 172 Å². The number of aliphatic carboxylic acids is 1. The highest BCUT2D eigenvalue weighted by molar-refractivity contribution is 5.91. The fourth-order valence-electron chi connectivity index (χ4n) is 3.21. The Balaban J connectivity index is 1.89. The number of aromatic hydroxyl groups is 1. The lowest BCUT2D eigenvalue weighted by Gasteiger charge is -2.20. The lowest BCUT2D eigenvalue weighted by Crippen LogP contribution is -2.36. The Morgan fingerprint density at radius 2 is 1.83 bits per heavy atom. The number of carboxylic acid groups (broad SMARTS) is 1. The van der Waals surface area contributed by atoms with E-state index in [-0.39, 0.29) is 17.9 Å². The van der Waals surface area contributed by atoms with Gasteiger partial charge in [0.05, 0.1) is 12.5 Å². The van der Waals surface area contributed by atoms with Crippen LogP contribution in [0.3, 0.4) is 0 Å². The Hall–Kier alpha value is -4.01. The third kappa shape index (κ3) is 4.35. The van der Waals surface area contributed by atoms with Crippen LogP contribution in [0.1, 0.15) is 23.7 Å². The van der Waals surface area contributed by atoms with Crippen LogP contribution >= 0.6 is 0 Å². The van der Waals surface area contributed by atoms with Gasteiger partial charge < -0.3 is 30.0 Å². The monoisotopic (exact) mass is 410 g/mol. The number of nitrogens with zero attached hydrogens (tertiary/aromatic N) is 2. The molecule has 2 heterocycles. The van der Waals surface area contributed by atoms with Gasteiger partial charge in [-0.3, -0.25) is 9.59 Å². The van der Waals surface area contributed by atoms with Crippen molar-refractivity contribution in [2.45, 2.75) is 19.4 Å². The first-order chi connectivity index (χ1) is 14.3. The molecule has 1 unspecified atom stereocenters. The number of hydrogen-bond donors (Lipinski definition) is 4. The van der Waals surface area contributed by atoms with Gasteiger partial charge in [-0.25, -0.2) is 4.79 Å². The SMILES string of the molecule is Cc1cn(C)c(=O)c(NC(=O)NC(CC(=O)O)c2cccn2-c2ccccc2)c1O. The van der Waals surface area contributed by atoms with E-state index in [0.29, 0.717) is 11.3 Å². The zero-order valence-corrected chi connectivity index (χ0v) is 16.5. The molecule has 0 saturated carbocycles. The van der Waals surface area contributed by atoms with E-state index in [2.05, 4.69) is 10.6 Å². The van der Waals surface area contributed by atoms with E-state index < -0.39 is 23.6 Å². The van der Waals surface area contributed by atoms with Crippen molar-refractivity contribution in [3.63, 3.8) is 0 Å². The summed E-state index contributed by atoms with van der Waals surface area (Å²) in [6, 6.07) is 11.0. The molecule has 0 aliphatic rings. The number of carbonyl (C=O) groups is 2. The summed E-state index contributed by atoms with van der Waals surface area (Å²) in [6.07, 6.45) is 2.84. The number of urea groups is 1. The first kappa shape index (κ1) is 20.7. The van der Waals surface area contributed by atoms with Gasteiger partial charge in [0.15, 0.2) is 5.69 Å². The van der Waals surface area contributed by atoms with Gasteiger partial charge >= 0.3 is 12.0 Å². The van der Waals surface area contributed by atoms with Crippen LogP contribution in [0.2, 0.25) is 0 Å². The zero-order chi connectivity index (χ0) is 21.8. The minimum atomic E-state index is -1.10. The van der Waals surface area contributed by atoms with Gasteiger partial charge in [-0.2, -0.15) is 0 Å². The normalized spacial score (nSPS) is 11.7. The number of aryl methyl sites for hydroxylation is 2. The molecule has 2 amide bonds. The molecule has 3 rings (SSSR count). The quantitative estimate of drug-likeness (QED) is 0.497. The number of anilines is 1. The Morgan fingerprint density at radius 3 is 2.50 bits per heavy atom. The van der Waals surface area contributed by atoms with Crippen molar-refractivity contribution >= 4 is 17.7 Å². The molecule has 2 aromatic heterocycles. The van der Waals surface area contributed by atoms with E-state index in [1.807, 2.05) is 30.3 Å². The number of carbonyl (C=O) groups excluding carboxylic acids is 1. The molecule has 0 spiro atoms. The summed E-state index contributed by atoms with van der Waals surface area (Å²) in [5.41, 5.74) is 0.908. The summed E-state index contributed by atoms with van der Waals surface area (Å²) in [6.45, 7) is 1.60. The van der Waals surface area contributed by atoms with Crippen LogP contribution in [-0.2, 0) is 11.8 Å². The summed E-state index contributed by atoms with van der Waals surface area (Å²) in [4.78, 5) is 36.3. The van der Waals surface area contributed by atoms with Crippen LogP contribution in [-0.4, -0.2) is 31.3 Å². The molecule has 0 fully saturated rings. The molecule has 0 bridgehead atoms. The molecule has 0 aliphatic heterocycles. The summed E-state index contributed by atoms with van der Waals surface area (Å²) in [7, 11) is 1.50. The summed E-state index contributed by atoms with van der Waals surface area (Å²) >= 11 is 0. The fourth-order valence-corrected chi connectivity index (χ4v) is 3.21. The molecule has 0 saturated heterocycles. The standard InChI is InChI=1S/C21H22N4O5/c1-13-12-24(2)20(29)18(19(13)28)23-21(30)22-15(11-17(26)27)16-9-6-10-25(16)14-7-4-3-5-8-14/h3-10,12,15,28H,11H2,1-2H3,(H,26,27)(H2,22,23,30). The van der Waals surface area contributed by atoms with Crippen molar-refractivity contribution in [1.82, 2.24) is 14.5 Å². The number of pyridine rings is 1.